The summed E-state index contributed by atoms with van der Waals surface area (Å²) >= 11 is 0. The van der Waals surface area contributed by atoms with Gasteiger partial charge in [-0.25, -0.2) is 0 Å². The summed E-state index contributed by atoms with van der Waals surface area (Å²) in [5.74, 6) is 1.73. The highest BCUT2D eigenvalue weighted by Crippen LogP contribution is 2.36. The number of benzene rings is 3. The lowest BCUT2D eigenvalue weighted by molar-refractivity contribution is 0.106. The molecule has 0 fully saturated rings. The van der Waals surface area contributed by atoms with Gasteiger partial charge in [0.05, 0.1) is 5.52 Å². The number of fused-ring (bicyclic) bond motifs is 3. The van der Waals surface area contributed by atoms with Gasteiger partial charge < -0.3 is 24.5 Å². The van der Waals surface area contributed by atoms with E-state index in [0.29, 0.717) is 19.7 Å². The average molecular weight is 475 g/mol. The van der Waals surface area contributed by atoms with Gasteiger partial charge in [0.1, 0.15) is 30.8 Å². The molecule has 0 spiro atoms. The largest absolute Gasteiger partial charge is 0.492 e. The first-order chi connectivity index (χ1) is 17.2. The SMILES string of the molecule is CCCCCCn1c2ccccc2c2c(OCC(O)CNCCOc3ccccc3C)cccc21. The summed E-state index contributed by atoms with van der Waals surface area (Å²) in [4.78, 5) is 0. The van der Waals surface area contributed by atoms with Crippen LogP contribution in [0.15, 0.2) is 66.7 Å². The topological polar surface area (TPSA) is 55.7 Å². The van der Waals surface area contributed by atoms with Crippen molar-refractivity contribution in [3.05, 3.63) is 72.3 Å². The molecule has 3 aromatic carbocycles. The van der Waals surface area contributed by atoms with Gasteiger partial charge in [-0.2, -0.15) is 0 Å². The molecule has 5 heteroatoms. The van der Waals surface area contributed by atoms with Crippen molar-refractivity contribution in [3.63, 3.8) is 0 Å². The van der Waals surface area contributed by atoms with Crippen molar-refractivity contribution in [2.75, 3.05) is 26.3 Å². The van der Waals surface area contributed by atoms with Crippen molar-refractivity contribution < 1.29 is 14.6 Å². The molecule has 1 heterocycles. The normalized spacial score (nSPS) is 12.3. The van der Waals surface area contributed by atoms with Gasteiger partial charge in [0, 0.05) is 35.9 Å². The first kappa shape index (κ1) is 25.1. The lowest BCUT2D eigenvalue weighted by Gasteiger charge is -2.15. The number of aryl methyl sites for hydroxylation is 2. The Labute approximate surface area is 208 Å². The minimum Gasteiger partial charge on any atom is -0.492 e. The van der Waals surface area contributed by atoms with E-state index in [-0.39, 0.29) is 6.61 Å². The van der Waals surface area contributed by atoms with E-state index in [1.54, 1.807) is 0 Å². The van der Waals surface area contributed by atoms with Gasteiger partial charge >= 0.3 is 0 Å². The zero-order chi connectivity index (χ0) is 24.5. The van der Waals surface area contributed by atoms with Gasteiger partial charge in [0.2, 0.25) is 0 Å². The van der Waals surface area contributed by atoms with Crippen LogP contribution in [0.25, 0.3) is 21.8 Å². The van der Waals surface area contributed by atoms with E-state index in [4.69, 9.17) is 9.47 Å². The van der Waals surface area contributed by atoms with E-state index in [9.17, 15) is 5.11 Å². The number of aliphatic hydroxyl groups excluding tert-OH is 1. The number of rotatable bonds is 14. The zero-order valence-corrected chi connectivity index (χ0v) is 21.0. The third-order valence-electron chi connectivity index (χ3n) is 6.44. The Morgan fingerprint density at radius 2 is 1.63 bits per heavy atom. The molecule has 0 amide bonds. The number of nitrogens with zero attached hydrogens (tertiary/aromatic N) is 1. The highest BCUT2D eigenvalue weighted by Gasteiger charge is 2.15. The van der Waals surface area contributed by atoms with Crippen molar-refractivity contribution in [2.45, 2.75) is 52.2 Å². The van der Waals surface area contributed by atoms with Gasteiger partial charge in [-0.15, -0.1) is 0 Å². The summed E-state index contributed by atoms with van der Waals surface area (Å²) in [6, 6.07) is 22.8. The number of nitrogens with one attached hydrogen (secondary N) is 1. The summed E-state index contributed by atoms with van der Waals surface area (Å²) in [6.07, 6.45) is 4.32. The summed E-state index contributed by atoms with van der Waals surface area (Å²) in [6.45, 7) is 7.18. The van der Waals surface area contributed by atoms with Crippen LogP contribution >= 0.6 is 0 Å². The molecule has 2 N–H and O–H groups in total. The van der Waals surface area contributed by atoms with Crippen LogP contribution in [0.1, 0.15) is 38.2 Å². The van der Waals surface area contributed by atoms with Crippen LogP contribution in [0.5, 0.6) is 11.5 Å². The third-order valence-corrected chi connectivity index (χ3v) is 6.44. The number of aliphatic hydroxyl groups is 1. The average Bonchev–Trinajstić information content (AvgIpc) is 3.20. The predicted octanol–water partition coefficient (Wildman–Crippen LogP) is 6.09. The van der Waals surface area contributed by atoms with Crippen LogP contribution in [0.2, 0.25) is 0 Å². The molecule has 0 aliphatic heterocycles. The summed E-state index contributed by atoms with van der Waals surface area (Å²) in [7, 11) is 0. The molecule has 0 aliphatic rings. The molecule has 1 atom stereocenters. The van der Waals surface area contributed by atoms with Crippen LogP contribution in [-0.2, 0) is 6.54 Å². The number of hydrogen-bond acceptors (Lipinski definition) is 4. The Balaban J connectivity index is 1.34. The molecule has 0 bridgehead atoms. The maximum Gasteiger partial charge on any atom is 0.129 e. The molecular weight excluding hydrogens is 436 g/mol. The van der Waals surface area contributed by atoms with E-state index < -0.39 is 6.10 Å². The summed E-state index contributed by atoms with van der Waals surface area (Å²) in [5.41, 5.74) is 3.56. The van der Waals surface area contributed by atoms with Crippen molar-refractivity contribution in [1.82, 2.24) is 9.88 Å². The minimum absolute atomic E-state index is 0.237. The van der Waals surface area contributed by atoms with Gasteiger partial charge in [0.25, 0.3) is 0 Å². The predicted molar refractivity (Wildman–Crippen MR) is 145 cm³/mol. The second-order valence-electron chi connectivity index (χ2n) is 9.16. The molecule has 1 unspecified atom stereocenters. The highest BCUT2D eigenvalue weighted by molar-refractivity contribution is 6.11. The maximum atomic E-state index is 10.5. The summed E-state index contributed by atoms with van der Waals surface area (Å²) < 4.78 is 14.4. The van der Waals surface area contributed by atoms with E-state index in [0.717, 1.165) is 29.0 Å². The van der Waals surface area contributed by atoms with Gasteiger partial charge in [-0.05, 0) is 43.2 Å². The maximum absolute atomic E-state index is 10.5. The number of para-hydroxylation sites is 2. The van der Waals surface area contributed by atoms with Crippen molar-refractivity contribution in [3.8, 4) is 11.5 Å². The molecule has 0 aliphatic carbocycles. The molecule has 0 radical (unpaired) electrons. The molecule has 1 aromatic heterocycles. The third kappa shape index (κ3) is 6.36. The van der Waals surface area contributed by atoms with Crippen LogP contribution in [0, 0.1) is 6.92 Å². The molecule has 5 nitrogen and oxygen atoms in total. The number of hydrogen-bond donors (Lipinski definition) is 2. The Bertz CT molecular complexity index is 1220. The molecule has 4 aromatic rings. The van der Waals surface area contributed by atoms with E-state index in [2.05, 4.69) is 47.1 Å². The number of aromatic nitrogens is 1. The highest BCUT2D eigenvalue weighted by atomic mass is 16.5. The molecule has 0 saturated heterocycles. The number of ether oxygens (including phenoxy) is 2. The zero-order valence-electron chi connectivity index (χ0n) is 21.0. The van der Waals surface area contributed by atoms with Crippen molar-refractivity contribution in [2.24, 2.45) is 0 Å². The quantitative estimate of drug-likeness (QED) is 0.217. The molecule has 186 valence electrons. The molecular formula is C30H38N2O3. The van der Waals surface area contributed by atoms with Gasteiger partial charge in [0.15, 0.2) is 0 Å². The van der Waals surface area contributed by atoms with Gasteiger partial charge in [-0.3, -0.25) is 0 Å². The number of unbranched alkanes of at least 4 members (excludes halogenated alkanes) is 3. The van der Waals surface area contributed by atoms with Crippen molar-refractivity contribution in [1.29, 1.82) is 0 Å². The van der Waals surface area contributed by atoms with E-state index >= 15 is 0 Å². The van der Waals surface area contributed by atoms with Crippen LogP contribution in [0.4, 0.5) is 0 Å². The minimum atomic E-state index is -0.605. The van der Waals surface area contributed by atoms with Crippen LogP contribution in [-0.4, -0.2) is 42.1 Å². The first-order valence-corrected chi connectivity index (χ1v) is 12.9. The Hall–Kier alpha value is -3.02. The molecule has 35 heavy (non-hydrogen) atoms. The first-order valence-electron chi connectivity index (χ1n) is 12.9. The lowest BCUT2D eigenvalue weighted by Crippen LogP contribution is -2.33. The van der Waals surface area contributed by atoms with Crippen LogP contribution in [0.3, 0.4) is 0 Å². The Kier molecular flexibility index (Phi) is 9.04. The van der Waals surface area contributed by atoms with Crippen molar-refractivity contribution >= 4 is 21.8 Å². The van der Waals surface area contributed by atoms with E-state index in [1.165, 1.54) is 42.1 Å². The second kappa shape index (κ2) is 12.6. The monoisotopic (exact) mass is 474 g/mol. The molecule has 4 rings (SSSR count). The second-order valence-corrected chi connectivity index (χ2v) is 9.16. The van der Waals surface area contributed by atoms with Crippen LogP contribution < -0.4 is 14.8 Å². The van der Waals surface area contributed by atoms with E-state index in [1.807, 2.05) is 43.3 Å². The summed E-state index contributed by atoms with van der Waals surface area (Å²) in [5, 5.41) is 16.1. The fourth-order valence-electron chi connectivity index (χ4n) is 4.59. The smallest absolute Gasteiger partial charge is 0.129 e. The molecule has 0 saturated carbocycles. The lowest BCUT2D eigenvalue weighted by atomic mass is 10.1. The Morgan fingerprint density at radius 1 is 0.857 bits per heavy atom. The Morgan fingerprint density at radius 3 is 2.49 bits per heavy atom. The van der Waals surface area contributed by atoms with Gasteiger partial charge in [-0.1, -0.05) is 68.7 Å². The fraction of sp³-hybridized carbons (Fsp3) is 0.400. The fourth-order valence-corrected chi connectivity index (χ4v) is 4.59. The standard InChI is InChI=1S/C30H38N2O3/c1-3-4-5-10-19-32-26-14-8-7-13-25(26)30-27(32)15-11-17-29(30)35-22-24(33)21-31-18-20-34-28-16-9-6-12-23(28)2/h6-9,11-17,24,31,33H,3-5,10,18-22H2,1-2H3.